The maximum absolute atomic E-state index is 2.39. The molecule has 0 unspecified atom stereocenters. The molecule has 1 heterocycles. The third kappa shape index (κ3) is 5.27. The largest absolute Gasteiger partial charge is 0.135 e. The molecule has 0 aliphatic rings. The standard InChI is InChI=1S/C55H36S/c1-35-43-18-5-7-20-45(43)54(46-21-8-6-19-44(35)46)41-28-26-38-33-42(29-27-37(38)32-41)55-49-24-11-9-22-47(49)53(48-23-10-12-25-50(48)55)40-17-13-16-39(34-40)52-31-30-51(56-52)36-14-3-2-4-15-36/h2-34H,1H3. The Labute approximate surface area is 330 Å². The third-order valence-electron chi connectivity index (χ3n) is 11.6. The molecule has 1 heteroatoms. The normalized spacial score (nSPS) is 11.7. The first-order chi connectivity index (χ1) is 27.7. The van der Waals surface area contributed by atoms with Gasteiger partial charge in [0.2, 0.25) is 0 Å². The van der Waals surface area contributed by atoms with Crippen LogP contribution in [0, 0.1) is 6.92 Å². The van der Waals surface area contributed by atoms with E-state index in [0.717, 1.165) is 0 Å². The van der Waals surface area contributed by atoms with Gasteiger partial charge in [0.1, 0.15) is 0 Å². The lowest BCUT2D eigenvalue weighted by Crippen LogP contribution is -1.91. The minimum Gasteiger partial charge on any atom is -0.135 e. The molecule has 0 saturated heterocycles. The molecule has 56 heavy (non-hydrogen) atoms. The summed E-state index contributed by atoms with van der Waals surface area (Å²) in [5.41, 5.74) is 11.4. The van der Waals surface area contributed by atoms with Crippen molar-refractivity contribution in [3.63, 3.8) is 0 Å². The molecular weight excluding hydrogens is 693 g/mol. The van der Waals surface area contributed by atoms with Crippen LogP contribution in [0.25, 0.3) is 108 Å². The highest BCUT2D eigenvalue weighted by Crippen LogP contribution is 2.46. The lowest BCUT2D eigenvalue weighted by molar-refractivity contribution is 1.58. The lowest BCUT2D eigenvalue weighted by atomic mass is 9.85. The first-order valence-corrected chi connectivity index (χ1v) is 20.2. The van der Waals surface area contributed by atoms with E-state index < -0.39 is 0 Å². The van der Waals surface area contributed by atoms with E-state index in [4.69, 9.17) is 0 Å². The zero-order valence-electron chi connectivity index (χ0n) is 31.0. The van der Waals surface area contributed by atoms with Crippen molar-refractivity contribution in [1.29, 1.82) is 0 Å². The topological polar surface area (TPSA) is 0 Å². The molecule has 10 aromatic carbocycles. The molecule has 0 aliphatic heterocycles. The summed E-state index contributed by atoms with van der Waals surface area (Å²) in [6.45, 7) is 2.25. The SMILES string of the molecule is Cc1c2ccccc2c(-c2ccc3cc(-c4c5ccccc5c(-c5cccc(-c6ccc(-c7ccccc7)s6)c5)c5ccccc45)ccc3c2)c2ccccc12. The number of rotatable bonds is 5. The molecule has 0 nitrogen and oxygen atoms in total. The number of thiophene rings is 1. The molecule has 11 aromatic rings. The molecule has 0 atom stereocenters. The second kappa shape index (κ2) is 13.2. The summed E-state index contributed by atoms with van der Waals surface area (Å²) in [6.07, 6.45) is 0. The fourth-order valence-corrected chi connectivity index (χ4v) is 10.1. The lowest BCUT2D eigenvalue weighted by Gasteiger charge is -2.18. The van der Waals surface area contributed by atoms with E-state index in [1.165, 1.54) is 114 Å². The molecule has 0 amide bonds. The van der Waals surface area contributed by atoms with Gasteiger partial charge in [-0.3, -0.25) is 0 Å². The monoisotopic (exact) mass is 728 g/mol. The zero-order valence-corrected chi connectivity index (χ0v) is 31.8. The number of hydrogen-bond acceptors (Lipinski definition) is 1. The Hall–Kier alpha value is -6.80. The average Bonchev–Trinajstić information content (AvgIpc) is 3.77. The second-order valence-electron chi connectivity index (χ2n) is 14.8. The first-order valence-electron chi connectivity index (χ1n) is 19.3. The Balaban J connectivity index is 1.06. The summed E-state index contributed by atoms with van der Waals surface area (Å²) in [5, 5.41) is 12.8. The van der Waals surface area contributed by atoms with Gasteiger partial charge < -0.3 is 0 Å². The Morgan fingerprint density at radius 2 is 0.625 bits per heavy atom. The molecule has 0 aliphatic carbocycles. The van der Waals surface area contributed by atoms with Gasteiger partial charge in [-0.1, -0.05) is 170 Å². The van der Waals surface area contributed by atoms with Crippen LogP contribution in [0.5, 0.6) is 0 Å². The molecule has 0 bridgehead atoms. The molecule has 0 fully saturated rings. The van der Waals surface area contributed by atoms with Crippen LogP contribution < -0.4 is 0 Å². The van der Waals surface area contributed by atoms with Gasteiger partial charge in [-0.2, -0.15) is 0 Å². The summed E-state index contributed by atoms with van der Waals surface area (Å²) in [5.74, 6) is 0. The van der Waals surface area contributed by atoms with E-state index in [0.29, 0.717) is 0 Å². The van der Waals surface area contributed by atoms with Crippen molar-refractivity contribution in [2.24, 2.45) is 0 Å². The third-order valence-corrected chi connectivity index (χ3v) is 12.8. The summed E-state index contributed by atoms with van der Waals surface area (Å²) >= 11 is 1.85. The Morgan fingerprint density at radius 1 is 0.268 bits per heavy atom. The van der Waals surface area contributed by atoms with Crippen LogP contribution in [-0.4, -0.2) is 0 Å². The van der Waals surface area contributed by atoms with Gasteiger partial charge in [0.15, 0.2) is 0 Å². The molecule has 1 aromatic heterocycles. The zero-order chi connectivity index (χ0) is 37.2. The van der Waals surface area contributed by atoms with Gasteiger partial charge in [-0.25, -0.2) is 0 Å². The van der Waals surface area contributed by atoms with E-state index >= 15 is 0 Å². The quantitative estimate of drug-likeness (QED) is 0.155. The summed E-state index contributed by atoms with van der Waals surface area (Å²) in [6, 6.07) is 74.0. The van der Waals surface area contributed by atoms with E-state index in [2.05, 4.69) is 207 Å². The summed E-state index contributed by atoms with van der Waals surface area (Å²) < 4.78 is 0. The van der Waals surface area contributed by atoms with Gasteiger partial charge in [-0.15, -0.1) is 11.3 Å². The second-order valence-corrected chi connectivity index (χ2v) is 15.9. The van der Waals surface area contributed by atoms with Crippen molar-refractivity contribution < 1.29 is 0 Å². The van der Waals surface area contributed by atoms with Gasteiger partial charge in [-0.05, 0) is 141 Å². The number of benzene rings is 10. The fraction of sp³-hybridized carbons (Fsp3) is 0.0182. The summed E-state index contributed by atoms with van der Waals surface area (Å²) in [7, 11) is 0. The predicted molar refractivity (Wildman–Crippen MR) is 244 cm³/mol. The molecule has 0 saturated carbocycles. The Morgan fingerprint density at radius 3 is 1.11 bits per heavy atom. The smallest absolute Gasteiger partial charge is 0.0349 e. The van der Waals surface area contributed by atoms with Crippen LogP contribution in [0.3, 0.4) is 0 Å². The Bertz CT molecular complexity index is 3200. The van der Waals surface area contributed by atoms with E-state index in [-0.39, 0.29) is 0 Å². The van der Waals surface area contributed by atoms with Crippen molar-refractivity contribution in [2.75, 3.05) is 0 Å². The minimum absolute atomic E-state index is 1.23. The van der Waals surface area contributed by atoms with Gasteiger partial charge in [0, 0.05) is 9.75 Å². The molecule has 11 rings (SSSR count). The van der Waals surface area contributed by atoms with Crippen LogP contribution in [0.2, 0.25) is 0 Å². The maximum atomic E-state index is 2.39. The molecule has 262 valence electrons. The highest BCUT2D eigenvalue weighted by Gasteiger charge is 2.18. The van der Waals surface area contributed by atoms with Crippen LogP contribution in [-0.2, 0) is 0 Å². The average molecular weight is 729 g/mol. The Kier molecular flexibility index (Phi) is 7.69. The summed E-state index contributed by atoms with van der Waals surface area (Å²) in [4.78, 5) is 2.56. The molecule has 0 spiro atoms. The highest BCUT2D eigenvalue weighted by molar-refractivity contribution is 7.18. The molecular formula is C55H36S. The van der Waals surface area contributed by atoms with Crippen LogP contribution >= 0.6 is 11.3 Å². The van der Waals surface area contributed by atoms with E-state index in [1.54, 1.807) is 0 Å². The van der Waals surface area contributed by atoms with Crippen molar-refractivity contribution in [2.45, 2.75) is 6.92 Å². The molecule has 0 N–H and O–H groups in total. The first kappa shape index (κ1) is 32.6. The van der Waals surface area contributed by atoms with Gasteiger partial charge >= 0.3 is 0 Å². The van der Waals surface area contributed by atoms with Crippen molar-refractivity contribution >= 4 is 65.2 Å². The number of fused-ring (bicyclic) bond motifs is 5. The van der Waals surface area contributed by atoms with E-state index in [9.17, 15) is 0 Å². The number of hydrogen-bond donors (Lipinski definition) is 0. The fourth-order valence-electron chi connectivity index (χ4n) is 9.04. The number of aryl methyl sites for hydroxylation is 1. The van der Waals surface area contributed by atoms with E-state index in [1.807, 2.05) is 11.3 Å². The minimum atomic E-state index is 1.23. The maximum Gasteiger partial charge on any atom is 0.0349 e. The van der Waals surface area contributed by atoms with Gasteiger partial charge in [0.25, 0.3) is 0 Å². The van der Waals surface area contributed by atoms with Crippen LogP contribution in [0.15, 0.2) is 200 Å². The van der Waals surface area contributed by atoms with Crippen LogP contribution in [0.1, 0.15) is 5.56 Å². The predicted octanol–water partition coefficient (Wildman–Crippen LogP) is 16.2. The van der Waals surface area contributed by atoms with Crippen molar-refractivity contribution in [1.82, 2.24) is 0 Å². The molecule has 0 radical (unpaired) electrons. The van der Waals surface area contributed by atoms with Crippen LogP contribution in [0.4, 0.5) is 0 Å². The van der Waals surface area contributed by atoms with Crippen molar-refractivity contribution in [3.05, 3.63) is 206 Å². The highest BCUT2D eigenvalue weighted by atomic mass is 32.1. The van der Waals surface area contributed by atoms with Crippen molar-refractivity contribution in [3.8, 4) is 54.3 Å². The van der Waals surface area contributed by atoms with Gasteiger partial charge in [0.05, 0.1) is 0 Å².